The molecule has 2 aromatic heterocycles. The van der Waals surface area contributed by atoms with Gasteiger partial charge in [-0.05, 0) is 50.8 Å². The Hall–Kier alpha value is -3.22. The summed E-state index contributed by atoms with van der Waals surface area (Å²) >= 11 is 0. The highest BCUT2D eigenvalue weighted by Gasteiger charge is 2.48. The third-order valence-corrected chi connectivity index (χ3v) is 7.66. The first-order chi connectivity index (χ1) is 17.4. The Kier molecular flexibility index (Phi) is 6.82. The second kappa shape index (κ2) is 10.0. The standard InChI is InChI=1S/C29H37N3O4/c1-4-15-35-23-13-11-21(12-14-23)18-32-27(33)25-17-26-24(16-20(2)36-26)31(25)19-29(32,3)28(34)30-22-9-7-5-6-8-10-22/h11-14,16-17,22H,4-10,15,18-19H2,1-3H3,(H,30,34)/t29-/m1/s1. The zero-order valence-corrected chi connectivity index (χ0v) is 21.6. The molecule has 0 unspecified atom stereocenters. The van der Waals surface area contributed by atoms with Crippen molar-refractivity contribution in [3.8, 4) is 5.75 Å². The molecule has 1 N–H and O–H groups in total. The van der Waals surface area contributed by atoms with Crippen LogP contribution in [0.2, 0.25) is 0 Å². The molecule has 0 radical (unpaired) electrons. The molecule has 7 nitrogen and oxygen atoms in total. The minimum atomic E-state index is -1.04. The van der Waals surface area contributed by atoms with Crippen LogP contribution in [0.25, 0.3) is 11.1 Å². The number of rotatable bonds is 7. The van der Waals surface area contributed by atoms with E-state index in [1.54, 1.807) is 4.90 Å². The number of hydrogen-bond donors (Lipinski definition) is 1. The fourth-order valence-electron chi connectivity index (χ4n) is 5.57. The Bertz CT molecular complexity index is 1230. The summed E-state index contributed by atoms with van der Waals surface area (Å²) in [6.45, 7) is 7.26. The van der Waals surface area contributed by atoms with E-state index in [0.717, 1.165) is 54.7 Å². The van der Waals surface area contributed by atoms with Crippen LogP contribution >= 0.6 is 0 Å². The molecule has 7 heteroatoms. The van der Waals surface area contributed by atoms with Gasteiger partial charge in [-0.25, -0.2) is 0 Å². The number of amides is 2. The van der Waals surface area contributed by atoms with Crippen molar-refractivity contribution in [2.45, 2.75) is 90.4 Å². The fraction of sp³-hybridized carbons (Fsp3) is 0.517. The molecule has 0 spiro atoms. The number of fused-ring (bicyclic) bond motifs is 3. The van der Waals surface area contributed by atoms with Crippen LogP contribution in [0.3, 0.4) is 0 Å². The maximum Gasteiger partial charge on any atom is 0.271 e. The average Bonchev–Trinajstić information content (AvgIpc) is 3.26. The Labute approximate surface area is 212 Å². The summed E-state index contributed by atoms with van der Waals surface area (Å²) in [4.78, 5) is 29.6. The lowest BCUT2D eigenvalue weighted by atomic mass is 9.93. The highest BCUT2D eigenvalue weighted by molar-refractivity contribution is 6.03. The van der Waals surface area contributed by atoms with Gasteiger partial charge in [-0.1, -0.05) is 44.7 Å². The molecule has 192 valence electrons. The van der Waals surface area contributed by atoms with Crippen LogP contribution in [0, 0.1) is 6.92 Å². The van der Waals surface area contributed by atoms with E-state index >= 15 is 0 Å². The SMILES string of the molecule is CCCOc1ccc(CN2C(=O)c3cc4oc(C)cc4n3C[C@]2(C)C(=O)NC2CCCCCC2)cc1. The van der Waals surface area contributed by atoms with Crippen LogP contribution in [-0.2, 0) is 17.9 Å². The maximum absolute atomic E-state index is 13.9. The summed E-state index contributed by atoms with van der Waals surface area (Å²) in [7, 11) is 0. The molecule has 1 aromatic carbocycles. The predicted octanol–water partition coefficient (Wildman–Crippen LogP) is 5.59. The highest BCUT2D eigenvalue weighted by atomic mass is 16.5. The van der Waals surface area contributed by atoms with Gasteiger partial charge in [0.25, 0.3) is 5.91 Å². The lowest BCUT2D eigenvalue weighted by molar-refractivity contribution is -0.134. The van der Waals surface area contributed by atoms with Crippen molar-refractivity contribution in [3.63, 3.8) is 0 Å². The minimum absolute atomic E-state index is 0.0848. The Balaban J connectivity index is 1.47. The van der Waals surface area contributed by atoms with Gasteiger partial charge in [-0.15, -0.1) is 0 Å². The van der Waals surface area contributed by atoms with Gasteiger partial charge in [0.05, 0.1) is 18.7 Å². The van der Waals surface area contributed by atoms with E-state index < -0.39 is 5.54 Å². The normalized spacial score (nSPS) is 20.9. The van der Waals surface area contributed by atoms with Gasteiger partial charge >= 0.3 is 0 Å². The van der Waals surface area contributed by atoms with E-state index in [4.69, 9.17) is 9.15 Å². The summed E-state index contributed by atoms with van der Waals surface area (Å²) in [6, 6.07) is 11.7. The molecule has 0 bridgehead atoms. The molecule has 1 fully saturated rings. The maximum atomic E-state index is 13.9. The second-order valence-electron chi connectivity index (χ2n) is 10.5. The van der Waals surface area contributed by atoms with E-state index in [1.165, 1.54) is 12.8 Å². The molecule has 2 aliphatic rings. The van der Waals surface area contributed by atoms with Crippen molar-refractivity contribution in [2.24, 2.45) is 0 Å². The van der Waals surface area contributed by atoms with Crippen molar-refractivity contribution in [1.82, 2.24) is 14.8 Å². The molecule has 1 aliphatic heterocycles. The highest BCUT2D eigenvalue weighted by Crippen LogP contribution is 2.35. The van der Waals surface area contributed by atoms with E-state index in [0.29, 0.717) is 31.0 Å². The lowest BCUT2D eigenvalue weighted by Gasteiger charge is -2.44. The van der Waals surface area contributed by atoms with Crippen LogP contribution in [0.1, 0.15) is 80.6 Å². The average molecular weight is 492 g/mol. The number of ether oxygens (including phenoxy) is 1. The van der Waals surface area contributed by atoms with Crippen molar-refractivity contribution < 1.29 is 18.7 Å². The molecule has 1 atom stereocenters. The first-order valence-corrected chi connectivity index (χ1v) is 13.3. The first kappa shape index (κ1) is 24.5. The van der Waals surface area contributed by atoms with Crippen LogP contribution in [-0.4, -0.2) is 39.5 Å². The van der Waals surface area contributed by atoms with E-state index in [2.05, 4.69) is 12.2 Å². The zero-order valence-electron chi connectivity index (χ0n) is 21.6. The van der Waals surface area contributed by atoms with Gasteiger partial charge in [0.2, 0.25) is 5.91 Å². The van der Waals surface area contributed by atoms with Gasteiger partial charge in [0.1, 0.15) is 22.7 Å². The van der Waals surface area contributed by atoms with Gasteiger partial charge in [0, 0.05) is 24.7 Å². The summed E-state index contributed by atoms with van der Waals surface area (Å²) in [5, 5.41) is 3.32. The summed E-state index contributed by atoms with van der Waals surface area (Å²) in [5.74, 6) is 1.36. The molecule has 3 heterocycles. The number of nitrogens with zero attached hydrogens (tertiary/aromatic N) is 2. The minimum Gasteiger partial charge on any atom is -0.494 e. The molecule has 36 heavy (non-hydrogen) atoms. The molecule has 1 aliphatic carbocycles. The molecule has 0 saturated heterocycles. The van der Waals surface area contributed by atoms with Crippen LogP contribution in [0.4, 0.5) is 0 Å². The van der Waals surface area contributed by atoms with Gasteiger partial charge in [-0.2, -0.15) is 0 Å². The number of aryl methyl sites for hydroxylation is 1. The van der Waals surface area contributed by atoms with Crippen molar-refractivity contribution >= 4 is 22.9 Å². The van der Waals surface area contributed by atoms with Crippen molar-refractivity contribution in [3.05, 3.63) is 53.4 Å². The quantitative estimate of drug-likeness (QED) is 0.438. The van der Waals surface area contributed by atoms with Crippen LogP contribution in [0.5, 0.6) is 5.75 Å². The molecule has 3 aromatic rings. The van der Waals surface area contributed by atoms with Crippen molar-refractivity contribution in [1.29, 1.82) is 0 Å². The van der Waals surface area contributed by atoms with E-state index in [-0.39, 0.29) is 17.9 Å². The smallest absolute Gasteiger partial charge is 0.271 e. The topological polar surface area (TPSA) is 76.7 Å². The zero-order chi connectivity index (χ0) is 25.3. The summed E-state index contributed by atoms with van der Waals surface area (Å²) < 4.78 is 13.5. The van der Waals surface area contributed by atoms with Crippen LogP contribution < -0.4 is 10.1 Å². The van der Waals surface area contributed by atoms with Gasteiger partial charge in [-0.3, -0.25) is 9.59 Å². The van der Waals surface area contributed by atoms with Crippen LogP contribution in [0.15, 0.2) is 40.8 Å². The Morgan fingerprint density at radius 3 is 2.56 bits per heavy atom. The first-order valence-electron chi connectivity index (χ1n) is 13.3. The molecular formula is C29H37N3O4. The lowest BCUT2D eigenvalue weighted by Crippen LogP contribution is -2.64. The largest absolute Gasteiger partial charge is 0.494 e. The van der Waals surface area contributed by atoms with Gasteiger partial charge in [0.15, 0.2) is 5.58 Å². The number of aromatic nitrogens is 1. The number of carbonyl (C=O) groups excluding carboxylic acids is 2. The number of benzene rings is 1. The van der Waals surface area contributed by atoms with Gasteiger partial charge < -0.3 is 23.9 Å². The number of furan rings is 1. The number of hydrogen-bond acceptors (Lipinski definition) is 4. The molecular weight excluding hydrogens is 454 g/mol. The summed E-state index contributed by atoms with van der Waals surface area (Å²) in [5.41, 5.74) is 2.03. The Morgan fingerprint density at radius 1 is 1.14 bits per heavy atom. The van der Waals surface area contributed by atoms with Crippen molar-refractivity contribution in [2.75, 3.05) is 6.61 Å². The third kappa shape index (κ3) is 4.63. The fourth-order valence-corrected chi connectivity index (χ4v) is 5.57. The summed E-state index contributed by atoms with van der Waals surface area (Å²) in [6.07, 6.45) is 7.64. The van der Waals surface area contributed by atoms with E-state index in [1.807, 2.05) is 54.8 Å². The van der Waals surface area contributed by atoms with E-state index in [9.17, 15) is 9.59 Å². The third-order valence-electron chi connectivity index (χ3n) is 7.66. The molecule has 1 saturated carbocycles. The Morgan fingerprint density at radius 2 is 1.86 bits per heavy atom. The number of carbonyl (C=O) groups is 2. The molecule has 2 amide bonds. The molecule has 5 rings (SSSR count). The number of nitrogens with one attached hydrogen (secondary N) is 1. The predicted molar refractivity (Wildman–Crippen MR) is 139 cm³/mol. The monoisotopic (exact) mass is 491 g/mol. The second-order valence-corrected chi connectivity index (χ2v) is 10.5.